The molecule has 1 amide bonds. The molecule has 0 aliphatic rings. The van der Waals surface area contributed by atoms with Gasteiger partial charge in [0.15, 0.2) is 0 Å². The van der Waals surface area contributed by atoms with Crippen LogP contribution in [0.5, 0.6) is 0 Å². The number of anilines is 1. The average Bonchev–Trinajstić information content (AvgIpc) is 2.42. The fourth-order valence-corrected chi connectivity index (χ4v) is 3.54. The van der Waals surface area contributed by atoms with Crippen molar-refractivity contribution in [2.45, 2.75) is 23.1 Å². The smallest absolute Gasteiger partial charge is 0.295 e. The van der Waals surface area contributed by atoms with Gasteiger partial charge in [0.25, 0.3) is 20.2 Å². The molecule has 0 fully saturated rings. The van der Waals surface area contributed by atoms with E-state index in [9.17, 15) is 31.0 Å². The molecule has 2 aromatic carbocycles. The quantitative estimate of drug-likeness (QED) is 0.511. The molecule has 0 spiro atoms. The monoisotopic (exact) mass is 387 g/mol. The van der Waals surface area contributed by atoms with Crippen molar-refractivity contribution in [2.75, 3.05) is 5.32 Å². The summed E-state index contributed by atoms with van der Waals surface area (Å²) in [6.07, 6.45) is -0.362. The maximum atomic E-state index is 11.6. The average molecular weight is 387 g/mol. The molecule has 0 heterocycles. The lowest BCUT2D eigenvalue weighted by Crippen LogP contribution is -2.14. The van der Waals surface area contributed by atoms with Crippen LogP contribution in [-0.4, -0.2) is 37.6 Å². The van der Waals surface area contributed by atoms with Gasteiger partial charge in [0.2, 0.25) is 5.91 Å². The summed E-state index contributed by atoms with van der Waals surface area (Å²) in [5.41, 5.74) is 0.174. The van der Waals surface area contributed by atoms with Gasteiger partial charge in [-0.1, -0.05) is 6.07 Å². The van der Waals surface area contributed by atoms with E-state index >= 15 is 0 Å². The van der Waals surface area contributed by atoms with Crippen molar-refractivity contribution < 1.29 is 35.5 Å². The summed E-state index contributed by atoms with van der Waals surface area (Å²) in [6, 6.07) is 5.43. The number of nitrogens with one attached hydrogen (secondary N) is 1. The summed E-state index contributed by atoms with van der Waals surface area (Å²) in [5.74, 6) is -0.964. The third kappa shape index (κ3) is 4.60. The molecule has 25 heavy (non-hydrogen) atoms. The number of fused-ring (bicyclic) bond motifs is 1. The van der Waals surface area contributed by atoms with Crippen molar-refractivity contribution in [1.29, 1.82) is 0 Å². The summed E-state index contributed by atoms with van der Waals surface area (Å²) >= 11 is 0. The first-order valence-electron chi connectivity index (χ1n) is 6.70. The lowest BCUT2D eigenvalue weighted by atomic mass is 10.1. The van der Waals surface area contributed by atoms with E-state index < -0.39 is 35.9 Å². The lowest BCUT2D eigenvalue weighted by Gasteiger charge is -2.10. The van der Waals surface area contributed by atoms with Crippen molar-refractivity contribution in [3.63, 3.8) is 0 Å². The standard InChI is InChI=1S/C14H13NO8S2/c1-8(16)4-14(17)15-10-2-3-12-9(5-10)6-11(24(18,19)20)7-13(12)25(21,22)23/h2-3,5-7H,4H2,1H3,(H,15,17)(H,18,19,20)(H,21,22,23). The van der Waals surface area contributed by atoms with Crippen LogP contribution < -0.4 is 5.32 Å². The molecule has 3 N–H and O–H groups in total. The molecule has 0 saturated heterocycles. The molecule has 2 aromatic rings. The molecule has 9 nitrogen and oxygen atoms in total. The molecule has 0 radical (unpaired) electrons. The fraction of sp³-hybridized carbons (Fsp3) is 0.143. The molecule has 0 aliphatic carbocycles. The van der Waals surface area contributed by atoms with Crippen LogP contribution >= 0.6 is 0 Å². The molecule has 0 unspecified atom stereocenters. The lowest BCUT2D eigenvalue weighted by molar-refractivity contribution is -0.124. The molecule has 0 saturated carbocycles. The minimum absolute atomic E-state index is 0.0144. The topological polar surface area (TPSA) is 155 Å². The highest BCUT2D eigenvalue weighted by molar-refractivity contribution is 7.86. The molecule has 0 aromatic heterocycles. The van der Waals surface area contributed by atoms with Crippen LogP contribution in [0, 0.1) is 0 Å². The van der Waals surface area contributed by atoms with E-state index in [-0.39, 0.29) is 28.7 Å². The first-order valence-corrected chi connectivity index (χ1v) is 9.58. The Morgan fingerprint density at radius 1 is 1.00 bits per heavy atom. The Morgan fingerprint density at radius 3 is 2.16 bits per heavy atom. The second-order valence-corrected chi connectivity index (χ2v) is 8.05. The van der Waals surface area contributed by atoms with Gasteiger partial charge in [-0.05, 0) is 36.6 Å². The van der Waals surface area contributed by atoms with Crippen LogP contribution in [0.1, 0.15) is 13.3 Å². The van der Waals surface area contributed by atoms with E-state index in [0.29, 0.717) is 6.07 Å². The van der Waals surface area contributed by atoms with Crippen molar-refractivity contribution in [3.05, 3.63) is 30.3 Å². The third-order valence-electron chi connectivity index (χ3n) is 3.16. The van der Waals surface area contributed by atoms with Crippen LogP contribution in [0.15, 0.2) is 40.1 Å². The summed E-state index contributed by atoms with van der Waals surface area (Å²) < 4.78 is 64.0. The molecule has 0 bridgehead atoms. The fourth-order valence-electron chi connectivity index (χ4n) is 2.18. The minimum Gasteiger partial charge on any atom is -0.326 e. The van der Waals surface area contributed by atoms with Gasteiger partial charge in [0.1, 0.15) is 10.7 Å². The predicted molar refractivity (Wildman–Crippen MR) is 87.5 cm³/mol. The van der Waals surface area contributed by atoms with Crippen LogP contribution in [0.4, 0.5) is 5.69 Å². The van der Waals surface area contributed by atoms with Gasteiger partial charge in [-0.2, -0.15) is 16.8 Å². The van der Waals surface area contributed by atoms with E-state index in [1.54, 1.807) is 0 Å². The molecule has 0 aliphatic heterocycles. The van der Waals surface area contributed by atoms with Gasteiger partial charge < -0.3 is 5.32 Å². The zero-order valence-electron chi connectivity index (χ0n) is 12.8. The second-order valence-electron chi connectivity index (χ2n) is 5.23. The van der Waals surface area contributed by atoms with Gasteiger partial charge in [-0.3, -0.25) is 18.7 Å². The van der Waals surface area contributed by atoms with Gasteiger partial charge in [0, 0.05) is 11.1 Å². The summed E-state index contributed by atoms with van der Waals surface area (Å²) in [7, 11) is -9.51. The van der Waals surface area contributed by atoms with Gasteiger partial charge in [-0.15, -0.1) is 0 Å². The Balaban J connectivity index is 2.64. The van der Waals surface area contributed by atoms with E-state index in [1.165, 1.54) is 25.1 Å². The van der Waals surface area contributed by atoms with Crippen molar-refractivity contribution >= 4 is 48.4 Å². The Hall–Kier alpha value is -2.34. The third-order valence-corrected chi connectivity index (χ3v) is 4.88. The highest BCUT2D eigenvalue weighted by Crippen LogP contribution is 2.29. The number of carbonyl (C=O) groups excluding carboxylic acids is 2. The predicted octanol–water partition coefficient (Wildman–Crippen LogP) is 1.25. The maximum Gasteiger partial charge on any atom is 0.295 e. The minimum atomic E-state index is -4.77. The van der Waals surface area contributed by atoms with E-state index in [4.69, 9.17) is 4.55 Å². The summed E-state index contributed by atoms with van der Waals surface area (Å²) in [4.78, 5) is 21.1. The SMILES string of the molecule is CC(=O)CC(=O)Nc1ccc2c(S(=O)(=O)O)cc(S(=O)(=O)O)cc2c1. The highest BCUT2D eigenvalue weighted by atomic mass is 32.2. The number of benzene rings is 2. The first-order chi connectivity index (χ1) is 11.4. The van der Waals surface area contributed by atoms with E-state index in [2.05, 4.69) is 5.32 Å². The van der Waals surface area contributed by atoms with E-state index in [1.807, 2.05) is 0 Å². The van der Waals surface area contributed by atoms with Crippen molar-refractivity contribution in [3.8, 4) is 0 Å². The molecule has 2 rings (SSSR count). The molecule has 134 valence electrons. The van der Waals surface area contributed by atoms with E-state index in [0.717, 1.165) is 6.07 Å². The molecular weight excluding hydrogens is 374 g/mol. The number of hydrogen-bond acceptors (Lipinski definition) is 6. The molecular formula is C14H13NO8S2. The second kappa shape index (κ2) is 6.52. The number of Topliss-reactive ketones (excluding diaryl/α,β-unsaturated/α-hetero) is 1. The van der Waals surface area contributed by atoms with Crippen LogP contribution in [0.2, 0.25) is 0 Å². The van der Waals surface area contributed by atoms with Crippen LogP contribution in [-0.2, 0) is 29.8 Å². The largest absolute Gasteiger partial charge is 0.326 e. The Labute approximate surface area is 143 Å². The zero-order valence-corrected chi connectivity index (χ0v) is 14.4. The first kappa shape index (κ1) is 19.0. The maximum absolute atomic E-state index is 11.6. The number of amides is 1. The number of carbonyl (C=O) groups is 2. The van der Waals surface area contributed by atoms with Gasteiger partial charge in [0.05, 0.1) is 11.3 Å². The Bertz CT molecular complexity index is 1090. The molecule has 0 atom stereocenters. The number of hydrogen-bond donors (Lipinski definition) is 3. The highest BCUT2D eigenvalue weighted by Gasteiger charge is 2.20. The number of ketones is 1. The summed E-state index contributed by atoms with van der Waals surface area (Å²) in [6.45, 7) is 1.23. The van der Waals surface area contributed by atoms with Crippen LogP contribution in [0.3, 0.4) is 0 Å². The van der Waals surface area contributed by atoms with Crippen molar-refractivity contribution in [1.82, 2.24) is 0 Å². The van der Waals surface area contributed by atoms with Gasteiger partial charge >= 0.3 is 0 Å². The normalized spacial score (nSPS) is 12.1. The Morgan fingerprint density at radius 2 is 1.64 bits per heavy atom. The number of rotatable bonds is 5. The van der Waals surface area contributed by atoms with Crippen molar-refractivity contribution in [2.24, 2.45) is 0 Å². The van der Waals surface area contributed by atoms with Crippen LogP contribution in [0.25, 0.3) is 10.8 Å². The summed E-state index contributed by atoms with van der Waals surface area (Å²) in [5, 5.41) is 2.41. The van der Waals surface area contributed by atoms with Gasteiger partial charge in [-0.25, -0.2) is 0 Å². The zero-order chi connectivity index (χ0) is 19.0. The Kier molecular flexibility index (Phi) is 4.95. The molecule has 11 heteroatoms.